The summed E-state index contributed by atoms with van der Waals surface area (Å²) in [6.45, 7) is 5.31. The van der Waals surface area contributed by atoms with E-state index in [-0.39, 0.29) is 5.91 Å². The van der Waals surface area contributed by atoms with Crippen LogP contribution in [0, 0.1) is 0 Å². The minimum Gasteiger partial charge on any atom is -0.399 e. The maximum atomic E-state index is 11.9. The molecule has 0 spiro atoms. The standard InChI is InChI=1S/C14H17N3O/c1-3-11(5-4-10(2)15)14(18)17-13-8-6-12(16)7-9-13/h3-9H,2,15-16H2,1H3,(H,17,18)/b5-4-,11-3+. The quantitative estimate of drug-likeness (QED) is 0.430. The molecule has 4 heteroatoms. The van der Waals surface area contributed by atoms with Crippen LogP contribution >= 0.6 is 0 Å². The van der Waals surface area contributed by atoms with Gasteiger partial charge in [-0.05, 0) is 43.3 Å². The summed E-state index contributed by atoms with van der Waals surface area (Å²) in [5, 5.41) is 2.76. The van der Waals surface area contributed by atoms with E-state index in [2.05, 4.69) is 11.9 Å². The zero-order chi connectivity index (χ0) is 13.5. The summed E-state index contributed by atoms with van der Waals surface area (Å²) in [7, 11) is 0. The molecule has 0 aromatic heterocycles. The third-order valence-corrected chi connectivity index (χ3v) is 2.22. The van der Waals surface area contributed by atoms with Crippen molar-refractivity contribution in [3.63, 3.8) is 0 Å². The van der Waals surface area contributed by atoms with Crippen LogP contribution < -0.4 is 16.8 Å². The Labute approximate surface area is 107 Å². The van der Waals surface area contributed by atoms with Gasteiger partial charge in [0.25, 0.3) is 5.91 Å². The monoisotopic (exact) mass is 243 g/mol. The smallest absolute Gasteiger partial charge is 0.255 e. The molecule has 94 valence electrons. The Morgan fingerprint density at radius 1 is 1.28 bits per heavy atom. The maximum Gasteiger partial charge on any atom is 0.255 e. The second-order valence-corrected chi connectivity index (χ2v) is 3.73. The number of nitrogen functional groups attached to an aromatic ring is 1. The Morgan fingerprint density at radius 2 is 1.89 bits per heavy atom. The third kappa shape index (κ3) is 4.17. The summed E-state index contributed by atoms with van der Waals surface area (Å²) in [6, 6.07) is 6.93. The average molecular weight is 243 g/mol. The van der Waals surface area contributed by atoms with Gasteiger partial charge in [-0.3, -0.25) is 4.79 Å². The van der Waals surface area contributed by atoms with Crippen molar-refractivity contribution in [3.05, 3.63) is 60.3 Å². The summed E-state index contributed by atoms with van der Waals surface area (Å²) in [6.07, 6.45) is 4.90. The molecule has 0 bridgehead atoms. The number of rotatable bonds is 4. The molecule has 0 aliphatic heterocycles. The molecule has 5 N–H and O–H groups in total. The third-order valence-electron chi connectivity index (χ3n) is 2.22. The molecule has 0 heterocycles. The molecule has 0 aliphatic carbocycles. The van der Waals surface area contributed by atoms with Crippen molar-refractivity contribution in [2.75, 3.05) is 11.1 Å². The summed E-state index contributed by atoms with van der Waals surface area (Å²) in [5.41, 5.74) is 13.2. The number of nitrogens with two attached hydrogens (primary N) is 2. The lowest BCUT2D eigenvalue weighted by Crippen LogP contribution is -2.13. The maximum absolute atomic E-state index is 11.9. The van der Waals surface area contributed by atoms with Crippen molar-refractivity contribution < 1.29 is 4.79 Å². The van der Waals surface area contributed by atoms with Crippen LogP contribution in [0.5, 0.6) is 0 Å². The molecule has 1 aromatic rings. The largest absolute Gasteiger partial charge is 0.399 e. The number of nitrogens with one attached hydrogen (secondary N) is 1. The van der Waals surface area contributed by atoms with E-state index < -0.39 is 0 Å². The van der Waals surface area contributed by atoms with Gasteiger partial charge in [0.2, 0.25) is 0 Å². The number of anilines is 2. The topological polar surface area (TPSA) is 81.1 Å². The van der Waals surface area contributed by atoms with Crippen LogP contribution in [0.4, 0.5) is 11.4 Å². The molecule has 0 unspecified atom stereocenters. The van der Waals surface area contributed by atoms with Crippen LogP contribution in [0.25, 0.3) is 0 Å². The van der Waals surface area contributed by atoms with E-state index in [1.807, 2.05) is 0 Å². The first-order chi connectivity index (χ1) is 8.52. The molecule has 18 heavy (non-hydrogen) atoms. The Bertz CT molecular complexity index is 498. The van der Waals surface area contributed by atoms with Crippen molar-refractivity contribution in [3.8, 4) is 0 Å². The predicted molar refractivity (Wildman–Crippen MR) is 75.7 cm³/mol. The highest BCUT2D eigenvalue weighted by atomic mass is 16.1. The Morgan fingerprint density at radius 3 is 2.39 bits per heavy atom. The Balaban J connectivity index is 2.75. The Kier molecular flexibility index (Phi) is 4.75. The van der Waals surface area contributed by atoms with Crippen molar-refractivity contribution >= 4 is 17.3 Å². The lowest BCUT2D eigenvalue weighted by atomic mass is 10.2. The van der Waals surface area contributed by atoms with Gasteiger partial charge in [-0.2, -0.15) is 0 Å². The van der Waals surface area contributed by atoms with Gasteiger partial charge in [-0.1, -0.05) is 12.7 Å². The zero-order valence-corrected chi connectivity index (χ0v) is 10.3. The van der Waals surface area contributed by atoms with E-state index >= 15 is 0 Å². The summed E-state index contributed by atoms with van der Waals surface area (Å²) >= 11 is 0. The number of hydrogen-bond donors (Lipinski definition) is 3. The van der Waals surface area contributed by atoms with Crippen molar-refractivity contribution in [2.45, 2.75) is 6.92 Å². The van der Waals surface area contributed by atoms with Gasteiger partial charge >= 0.3 is 0 Å². The second-order valence-electron chi connectivity index (χ2n) is 3.73. The van der Waals surface area contributed by atoms with Gasteiger partial charge in [0.1, 0.15) is 0 Å². The number of carbonyl (C=O) groups excluding carboxylic acids is 1. The highest BCUT2D eigenvalue weighted by molar-refractivity contribution is 6.05. The van der Waals surface area contributed by atoms with E-state index in [4.69, 9.17) is 11.5 Å². The van der Waals surface area contributed by atoms with Gasteiger partial charge < -0.3 is 16.8 Å². The molecule has 1 aromatic carbocycles. The fraction of sp³-hybridized carbons (Fsp3) is 0.0714. The van der Waals surface area contributed by atoms with E-state index in [1.54, 1.807) is 49.4 Å². The van der Waals surface area contributed by atoms with Crippen LogP contribution in [0.1, 0.15) is 6.92 Å². The van der Waals surface area contributed by atoms with Gasteiger partial charge in [0.15, 0.2) is 0 Å². The number of amides is 1. The van der Waals surface area contributed by atoms with E-state index in [0.717, 1.165) is 0 Å². The molecule has 0 saturated heterocycles. The fourth-order valence-corrected chi connectivity index (χ4v) is 1.27. The molecule has 1 amide bonds. The van der Waals surface area contributed by atoms with Gasteiger partial charge in [-0.15, -0.1) is 0 Å². The lowest BCUT2D eigenvalue weighted by molar-refractivity contribution is -0.112. The van der Waals surface area contributed by atoms with E-state index in [1.165, 1.54) is 0 Å². The second kappa shape index (κ2) is 6.30. The van der Waals surface area contributed by atoms with Gasteiger partial charge in [-0.25, -0.2) is 0 Å². The van der Waals surface area contributed by atoms with Crippen molar-refractivity contribution in [1.82, 2.24) is 0 Å². The minimum atomic E-state index is -0.209. The summed E-state index contributed by atoms with van der Waals surface area (Å²) in [4.78, 5) is 11.9. The van der Waals surface area contributed by atoms with Crippen LogP contribution in [0.15, 0.2) is 60.3 Å². The molecule has 4 nitrogen and oxygen atoms in total. The normalized spacial score (nSPS) is 11.5. The van der Waals surface area contributed by atoms with Crippen molar-refractivity contribution in [1.29, 1.82) is 0 Å². The number of hydrogen-bond acceptors (Lipinski definition) is 3. The summed E-state index contributed by atoms with van der Waals surface area (Å²) in [5.74, 6) is -0.209. The van der Waals surface area contributed by atoms with E-state index in [0.29, 0.717) is 22.6 Å². The molecule has 0 radical (unpaired) electrons. The van der Waals surface area contributed by atoms with Crippen LogP contribution in [-0.4, -0.2) is 5.91 Å². The molecule has 0 aliphatic rings. The molecule has 0 atom stereocenters. The van der Waals surface area contributed by atoms with E-state index in [9.17, 15) is 4.79 Å². The first-order valence-electron chi connectivity index (χ1n) is 5.48. The average Bonchev–Trinajstić information content (AvgIpc) is 2.32. The highest BCUT2D eigenvalue weighted by Gasteiger charge is 2.05. The van der Waals surface area contributed by atoms with Crippen LogP contribution in [-0.2, 0) is 4.79 Å². The highest BCUT2D eigenvalue weighted by Crippen LogP contribution is 2.12. The van der Waals surface area contributed by atoms with Crippen LogP contribution in [0.2, 0.25) is 0 Å². The van der Waals surface area contributed by atoms with Gasteiger partial charge in [0.05, 0.1) is 0 Å². The molecule has 0 fully saturated rings. The predicted octanol–water partition coefficient (Wildman–Crippen LogP) is 2.18. The lowest BCUT2D eigenvalue weighted by Gasteiger charge is -2.06. The number of allylic oxidation sites excluding steroid dienone is 2. The Hall–Kier alpha value is -2.49. The van der Waals surface area contributed by atoms with Crippen molar-refractivity contribution in [2.24, 2.45) is 5.73 Å². The SMILES string of the molecule is C=C(N)/C=C\C(=C/C)C(=O)Nc1ccc(N)cc1. The van der Waals surface area contributed by atoms with Crippen LogP contribution in [0.3, 0.4) is 0 Å². The van der Waals surface area contributed by atoms with Gasteiger partial charge in [0, 0.05) is 22.6 Å². The number of benzene rings is 1. The minimum absolute atomic E-state index is 0.209. The first-order valence-corrected chi connectivity index (χ1v) is 5.48. The molecular formula is C14H17N3O. The fourth-order valence-electron chi connectivity index (χ4n) is 1.27. The number of carbonyl (C=O) groups is 1. The molecule has 0 saturated carbocycles. The molecule has 1 rings (SSSR count). The zero-order valence-electron chi connectivity index (χ0n) is 10.3. The first kappa shape index (κ1) is 13.6. The molecular weight excluding hydrogens is 226 g/mol. The summed E-state index contributed by atoms with van der Waals surface area (Å²) < 4.78 is 0.